The number of hydrogen-bond donors (Lipinski definition) is 2. The number of amides is 1. The van der Waals surface area contributed by atoms with Crippen LogP contribution >= 0.6 is 0 Å². The number of amidine groups is 1. The second-order valence-corrected chi connectivity index (χ2v) is 11.2. The molecule has 0 unspecified atom stereocenters. The maximum Gasteiger partial charge on any atom is 0.274 e. The van der Waals surface area contributed by atoms with Crippen LogP contribution in [0, 0.1) is 18.2 Å². The summed E-state index contributed by atoms with van der Waals surface area (Å²) < 4.78 is 50.9. The van der Waals surface area contributed by atoms with Crippen molar-refractivity contribution in [2.45, 2.75) is 29.4 Å². The second kappa shape index (κ2) is 8.38. The van der Waals surface area contributed by atoms with Crippen molar-refractivity contribution in [3.63, 3.8) is 0 Å². The van der Waals surface area contributed by atoms with Crippen molar-refractivity contribution in [3.05, 3.63) is 53.6 Å². The lowest BCUT2D eigenvalue weighted by Crippen LogP contribution is -2.60. The van der Waals surface area contributed by atoms with E-state index in [9.17, 15) is 13.2 Å². The van der Waals surface area contributed by atoms with E-state index in [1.165, 1.54) is 38.2 Å². The van der Waals surface area contributed by atoms with Crippen LogP contribution in [0.5, 0.6) is 5.75 Å². The molecule has 178 valence electrons. The molecule has 0 spiro atoms. The van der Waals surface area contributed by atoms with Crippen LogP contribution in [0.15, 0.2) is 41.5 Å². The Morgan fingerprint density at radius 2 is 2.15 bits per heavy atom. The first-order chi connectivity index (χ1) is 16.0. The van der Waals surface area contributed by atoms with E-state index in [0.717, 1.165) is 6.07 Å². The fourth-order valence-corrected chi connectivity index (χ4v) is 6.11. The van der Waals surface area contributed by atoms with Gasteiger partial charge < -0.3 is 20.5 Å². The van der Waals surface area contributed by atoms with Gasteiger partial charge in [-0.15, -0.1) is 6.42 Å². The SMILES string of the molecule is C#CCOc1ccc(C(=O)Nc2ccc(F)c([C@]34COC[C@H]3S(=O)(=O)C(C)(C)C(N)=N4)c2)nc1. The molecule has 11 heteroatoms. The van der Waals surface area contributed by atoms with Crippen molar-refractivity contribution >= 4 is 27.3 Å². The van der Waals surface area contributed by atoms with E-state index in [4.69, 9.17) is 21.6 Å². The molecule has 3 N–H and O–H groups in total. The summed E-state index contributed by atoms with van der Waals surface area (Å²) in [7, 11) is -3.87. The van der Waals surface area contributed by atoms with Gasteiger partial charge >= 0.3 is 0 Å². The number of nitrogens with one attached hydrogen (secondary N) is 1. The molecule has 1 aromatic heterocycles. The average Bonchev–Trinajstić information content (AvgIpc) is 3.24. The third-order valence-electron chi connectivity index (χ3n) is 6.13. The van der Waals surface area contributed by atoms with Crippen molar-refractivity contribution in [1.29, 1.82) is 0 Å². The normalized spacial score (nSPS) is 24.4. The number of pyridine rings is 1. The van der Waals surface area contributed by atoms with Gasteiger partial charge in [-0.05, 0) is 44.2 Å². The van der Waals surface area contributed by atoms with Crippen molar-refractivity contribution < 1.29 is 27.1 Å². The Morgan fingerprint density at radius 1 is 1.38 bits per heavy atom. The molecule has 1 amide bonds. The van der Waals surface area contributed by atoms with Gasteiger partial charge in [0.25, 0.3) is 5.91 Å². The molecule has 4 rings (SSSR count). The quantitative estimate of drug-likeness (QED) is 0.614. The van der Waals surface area contributed by atoms with E-state index >= 15 is 4.39 Å². The smallest absolute Gasteiger partial charge is 0.274 e. The molecular formula is C23H23FN4O5S. The molecule has 1 saturated heterocycles. The highest BCUT2D eigenvalue weighted by atomic mass is 32.2. The van der Waals surface area contributed by atoms with E-state index < -0.39 is 37.1 Å². The predicted octanol–water partition coefficient (Wildman–Crippen LogP) is 1.64. The Morgan fingerprint density at radius 3 is 2.82 bits per heavy atom. The summed E-state index contributed by atoms with van der Waals surface area (Å²) in [5.74, 6) is 1.36. The zero-order valence-electron chi connectivity index (χ0n) is 18.5. The number of aromatic nitrogens is 1. The molecule has 1 fully saturated rings. The van der Waals surface area contributed by atoms with E-state index in [2.05, 4.69) is 21.2 Å². The van der Waals surface area contributed by atoms with Gasteiger partial charge in [-0.3, -0.25) is 9.79 Å². The Labute approximate surface area is 196 Å². The van der Waals surface area contributed by atoms with Crippen molar-refractivity contribution in [2.24, 2.45) is 10.7 Å². The maximum atomic E-state index is 15.1. The molecular weight excluding hydrogens is 463 g/mol. The highest BCUT2D eigenvalue weighted by molar-refractivity contribution is 7.94. The molecule has 2 aliphatic rings. The van der Waals surface area contributed by atoms with Gasteiger partial charge in [0.2, 0.25) is 0 Å². The van der Waals surface area contributed by atoms with Crippen molar-refractivity contribution in [3.8, 4) is 18.1 Å². The number of benzene rings is 1. The van der Waals surface area contributed by atoms with Crippen molar-refractivity contribution in [1.82, 2.24) is 4.98 Å². The lowest BCUT2D eigenvalue weighted by Gasteiger charge is -2.41. The first kappa shape index (κ1) is 23.7. The summed E-state index contributed by atoms with van der Waals surface area (Å²) >= 11 is 0. The number of rotatable bonds is 5. The number of sulfone groups is 1. The molecule has 0 radical (unpaired) electrons. The molecule has 1 aromatic carbocycles. The summed E-state index contributed by atoms with van der Waals surface area (Å²) in [5.41, 5.74) is 4.78. The van der Waals surface area contributed by atoms with Gasteiger partial charge in [0.05, 0.1) is 19.4 Å². The van der Waals surface area contributed by atoms with Gasteiger partial charge in [-0.25, -0.2) is 17.8 Å². The number of terminal acetylenes is 1. The Bertz CT molecular complexity index is 1320. The van der Waals surface area contributed by atoms with Gasteiger partial charge in [-0.2, -0.15) is 0 Å². The van der Waals surface area contributed by atoms with E-state index in [1.54, 1.807) is 6.07 Å². The topological polar surface area (TPSA) is 133 Å². The molecule has 2 aliphatic heterocycles. The van der Waals surface area contributed by atoms with Crippen LogP contribution in [-0.2, 0) is 20.1 Å². The first-order valence-electron chi connectivity index (χ1n) is 10.3. The summed E-state index contributed by atoms with van der Waals surface area (Å²) in [6.07, 6.45) is 6.50. The molecule has 3 heterocycles. The fourth-order valence-electron chi connectivity index (χ4n) is 4.02. The van der Waals surface area contributed by atoms with Crippen LogP contribution in [0.4, 0.5) is 10.1 Å². The first-order valence-corrected chi connectivity index (χ1v) is 11.9. The zero-order chi connectivity index (χ0) is 24.7. The standard InChI is InChI=1S/C23H23FN4O5S/c1-4-9-33-15-6-8-18(26-11-15)20(29)27-14-5-7-17(24)16(10-14)23-13-32-12-19(23)34(30,31)22(2,3)21(25)28-23/h1,5-8,10-11,19H,9,12-13H2,2-3H3,(H2,25,28)(H,27,29)/t19-,23-/m1/s1. The number of hydrogen-bond acceptors (Lipinski definition) is 8. The molecule has 2 atom stereocenters. The number of carbonyl (C=O) groups excluding carboxylic acids is 1. The van der Waals surface area contributed by atoms with Crippen LogP contribution in [0.25, 0.3) is 0 Å². The number of nitrogens with two attached hydrogens (primary N) is 1. The van der Waals surface area contributed by atoms with Gasteiger partial charge in [0.15, 0.2) is 9.84 Å². The molecule has 34 heavy (non-hydrogen) atoms. The number of aliphatic imine (C=N–C) groups is 1. The molecule has 0 saturated carbocycles. The fraction of sp³-hybridized carbons (Fsp3) is 0.348. The van der Waals surface area contributed by atoms with Crippen molar-refractivity contribution in [2.75, 3.05) is 25.1 Å². The van der Waals surface area contributed by atoms with Crippen LogP contribution in [0.1, 0.15) is 29.9 Å². The van der Waals surface area contributed by atoms with E-state index in [0.29, 0.717) is 5.75 Å². The van der Waals surface area contributed by atoms with Crippen LogP contribution in [0.3, 0.4) is 0 Å². The minimum atomic E-state index is -3.87. The molecule has 2 aromatic rings. The molecule has 9 nitrogen and oxygen atoms in total. The number of anilines is 1. The summed E-state index contributed by atoms with van der Waals surface area (Å²) in [4.78, 5) is 21.2. The molecule has 0 bridgehead atoms. The van der Waals surface area contributed by atoms with Gasteiger partial charge in [-0.1, -0.05) is 5.92 Å². The third kappa shape index (κ3) is 3.69. The third-order valence-corrected chi connectivity index (χ3v) is 9.04. The highest BCUT2D eigenvalue weighted by Gasteiger charge is 2.62. The predicted molar refractivity (Wildman–Crippen MR) is 124 cm³/mol. The Hall–Kier alpha value is -3.49. The largest absolute Gasteiger partial charge is 0.479 e. The number of ether oxygens (including phenoxy) is 2. The van der Waals surface area contributed by atoms with Crippen LogP contribution < -0.4 is 15.8 Å². The summed E-state index contributed by atoms with van der Waals surface area (Å²) in [6, 6.07) is 6.84. The lowest BCUT2D eigenvalue weighted by molar-refractivity contribution is 0.102. The van der Waals surface area contributed by atoms with Crippen LogP contribution in [-0.4, -0.2) is 55.0 Å². The minimum Gasteiger partial charge on any atom is -0.479 e. The Balaban J connectivity index is 1.67. The number of carbonyl (C=O) groups is 1. The monoisotopic (exact) mass is 486 g/mol. The van der Waals surface area contributed by atoms with Crippen LogP contribution in [0.2, 0.25) is 0 Å². The number of nitrogens with zero attached hydrogens (tertiary/aromatic N) is 2. The van der Waals surface area contributed by atoms with Gasteiger partial charge in [0.1, 0.15) is 45.2 Å². The van der Waals surface area contributed by atoms with E-state index in [1.807, 2.05) is 0 Å². The summed E-state index contributed by atoms with van der Waals surface area (Å²) in [5, 5.41) is 1.52. The second-order valence-electron chi connectivity index (χ2n) is 8.50. The Kier molecular flexibility index (Phi) is 5.83. The lowest BCUT2D eigenvalue weighted by atomic mass is 9.87. The minimum absolute atomic E-state index is 0.0270. The molecule has 0 aliphatic carbocycles. The highest BCUT2D eigenvalue weighted by Crippen LogP contribution is 2.47. The van der Waals surface area contributed by atoms with E-state index in [-0.39, 0.29) is 42.6 Å². The van der Waals surface area contributed by atoms with Gasteiger partial charge in [0, 0.05) is 11.3 Å². The summed E-state index contributed by atoms with van der Waals surface area (Å²) in [6.45, 7) is 2.69. The number of halogens is 1. The zero-order valence-corrected chi connectivity index (χ0v) is 19.4. The average molecular weight is 487 g/mol. The number of fused-ring (bicyclic) bond motifs is 1. The maximum absolute atomic E-state index is 15.1.